The van der Waals surface area contributed by atoms with Crippen LogP contribution in [0, 0.1) is 5.92 Å². The number of nitrogens with one attached hydrogen (secondary N) is 1. The highest BCUT2D eigenvalue weighted by Gasteiger charge is 2.29. The Kier molecular flexibility index (Phi) is 6.11. The lowest BCUT2D eigenvalue weighted by atomic mass is 9.94. The molecule has 2 saturated heterocycles. The summed E-state index contributed by atoms with van der Waals surface area (Å²) in [5.74, 6) is 0.808. The second kappa shape index (κ2) is 7.61. The van der Waals surface area contributed by atoms with Crippen LogP contribution in [0.3, 0.4) is 0 Å². The molecule has 19 heavy (non-hydrogen) atoms. The van der Waals surface area contributed by atoms with Crippen LogP contribution in [-0.2, 0) is 0 Å². The summed E-state index contributed by atoms with van der Waals surface area (Å²) >= 11 is 0. The zero-order valence-electron chi connectivity index (χ0n) is 13.2. The molecule has 2 atom stereocenters. The van der Waals surface area contributed by atoms with E-state index in [9.17, 15) is 0 Å². The Balaban J connectivity index is 1.79. The fourth-order valence-electron chi connectivity index (χ4n) is 3.62. The van der Waals surface area contributed by atoms with Gasteiger partial charge in [-0.3, -0.25) is 4.90 Å². The van der Waals surface area contributed by atoms with E-state index in [2.05, 4.69) is 35.9 Å². The lowest BCUT2D eigenvalue weighted by Crippen LogP contribution is -2.57. The van der Waals surface area contributed by atoms with E-state index < -0.39 is 0 Å². The zero-order chi connectivity index (χ0) is 13.7. The maximum Gasteiger partial charge on any atom is 0.0221 e. The van der Waals surface area contributed by atoms with Crippen LogP contribution in [0.4, 0.5) is 0 Å². The Morgan fingerprint density at radius 3 is 2.53 bits per heavy atom. The van der Waals surface area contributed by atoms with Crippen molar-refractivity contribution in [2.24, 2.45) is 5.92 Å². The molecule has 112 valence electrons. The first-order valence-corrected chi connectivity index (χ1v) is 8.44. The molecule has 2 aliphatic heterocycles. The molecule has 2 rings (SSSR count). The molecule has 0 aliphatic carbocycles. The van der Waals surface area contributed by atoms with Gasteiger partial charge in [0, 0.05) is 31.7 Å². The highest BCUT2D eigenvalue weighted by atomic mass is 15.2. The minimum Gasteiger partial charge on any atom is -0.311 e. The third-order valence-corrected chi connectivity index (χ3v) is 5.18. The molecule has 2 aliphatic rings. The standard InChI is InChI=1S/C16H33N3/c1-4-9-18-10-6-15(7-11-18)19-12-8-17-16(13-19)14(3)5-2/h14-17H,4-13H2,1-3H3. The van der Waals surface area contributed by atoms with Gasteiger partial charge in [0.1, 0.15) is 0 Å². The van der Waals surface area contributed by atoms with E-state index in [1.807, 2.05) is 0 Å². The third kappa shape index (κ3) is 4.17. The van der Waals surface area contributed by atoms with E-state index >= 15 is 0 Å². The number of hydrogen-bond acceptors (Lipinski definition) is 3. The van der Waals surface area contributed by atoms with Gasteiger partial charge < -0.3 is 10.2 Å². The van der Waals surface area contributed by atoms with Gasteiger partial charge >= 0.3 is 0 Å². The van der Waals surface area contributed by atoms with Crippen molar-refractivity contribution in [2.75, 3.05) is 39.3 Å². The van der Waals surface area contributed by atoms with E-state index in [1.54, 1.807) is 0 Å². The topological polar surface area (TPSA) is 18.5 Å². The Morgan fingerprint density at radius 2 is 1.89 bits per heavy atom. The van der Waals surface area contributed by atoms with E-state index in [1.165, 1.54) is 65.0 Å². The molecular weight excluding hydrogens is 234 g/mol. The monoisotopic (exact) mass is 267 g/mol. The summed E-state index contributed by atoms with van der Waals surface area (Å²) in [6.45, 7) is 14.6. The van der Waals surface area contributed by atoms with Crippen LogP contribution < -0.4 is 5.32 Å². The molecule has 1 N–H and O–H groups in total. The predicted octanol–water partition coefficient (Wildman–Crippen LogP) is 2.18. The average Bonchev–Trinajstić information content (AvgIpc) is 2.48. The molecule has 0 saturated carbocycles. The smallest absolute Gasteiger partial charge is 0.0221 e. The second-order valence-electron chi connectivity index (χ2n) is 6.51. The number of likely N-dealkylation sites (tertiary alicyclic amines) is 1. The molecule has 3 nitrogen and oxygen atoms in total. The van der Waals surface area contributed by atoms with Crippen LogP contribution in [0.2, 0.25) is 0 Å². The van der Waals surface area contributed by atoms with Gasteiger partial charge in [0.05, 0.1) is 0 Å². The van der Waals surface area contributed by atoms with Gasteiger partial charge in [-0.15, -0.1) is 0 Å². The summed E-state index contributed by atoms with van der Waals surface area (Å²) in [4.78, 5) is 5.42. The molecular formula is C16H33N3. The van der Waals surface area contributed by atoms with Crippen LogP contribution in [0.25, 0.3) is 0 Å². The quantitative estimate of drug-likeness (QED) is 0.824. The molecule has 0 aromatic rings. The minimum atomic E-state index is 0.715. The normalized spacial score (nSPS) is 29.5. The molecule has 0 amide bonds. The van der Waals surface area contributed by atoms with Crippen molar-refractivity contribution in [1.29, 1.82) is 0 Å². The molecule has 0 spiro atoms. The fraction of sp³-hybridized carbons (Fsp3) is 1.00. The molecule has 0 aromatic heterocycles. The van der Waals surface area contributed by atoms with Gasteiger partial charge in [-0.2, -0.15) is 0 Å². The summed E-state index contributed by atoms with van der Waals surface area (Å²) in [5, 5.41) is 3.72. The molecule has 0 bridgehead atoms. The molecule has 3 heteroatoms. The molecule has 2 fully saturated rings. The minimum absolute atomic E-state index is 0.715. The first-order valence-electron chi connectivity index (χ1n) is 8.44. The van der Waals surface area contributed by atoms with Crippen molar-refractivity contribution in [3.63, 3.8) is 0 Å². The molecule has 2 unspecified atom stereocenters. The van der Waals surface area contributed by atoms with Crippen LogP contribution in [-0.4, -0.2) is 61.2 Å². The van der Waals surface area contributed by atoms with Gasteiger partial charge in [0.15, 0.2) is 0 Å². The van der Waals surface area contributed by atoms with Crippen LogP contribution >= 0.6 is 0 Å². The maximum atomic E-state index is 3.72. The SMILES string of the molecule is CCCN1CCC(N2CCNC(C(C)CC)C2)CC1. The molecule has 0 aromatic carbocycles. The highest BCUT2D eigenvalue weighted by molar-refractivity contribution is 4.88. The van der Waals surface area contributed by atoms with Crippen LogP contribution in [0.15, 0.2) is 0 Å². The number of nitrogens with zero attached hydrogens (tertiary/aromatic N) is 2. The van der Waals surface area contributed by atoms with Crippen molar-refractivity contribution < 1.29 is 0 Å². The largest absolute Gasteiger partial charge is 0.311 e. The second-order valence-corrected chi connectivity index (χ2v) is 6.51. The van der Waals surface area contributed by atoms with Crippen molar-refractivity contribution in [3.8, 4) is 0 Å². The van der Waals surface area contributed by atoms with E-state index in [4.69, 9.17) is 0 Å². The summed E-state index contributed by atoms with van der Waals surface area (Å²) in [6, 6.07) is 1.56. The fourth-order valence-corrected chi connectivity index (χ4v) is 3.62. The first kappa shape index (κ1) is 15.3. The Hall–Kier alpha value is -0.120. The summed E-state index contributed by atoms with van der Waals surface area (Å²) in [7, 11) is 0. The first-order chi connectivity index (χ1) is 9.24. The van der Waals surface area contributed by atoms with Crippen molar-refractivity contribution >= 4 is 0 Å². The highest BCUT2D eigenvalue weighted by Crippen LogP contribution is 2.20. The predicted molar refractivity (Wildman–Crippen MR) is 82.6 cm³/mol. The van der Waals surface area contributed by atoms with Crippen LogP contribution in [0.1, 0.15) is 46.5 Å². The Labute approximate surface area is 119 Å². The van der Waals surface area contributed by atoms with Gasteiger partial charge in [0.2, 0.25) is 0 Å². The van der Waals surface area contributed by atoms with Crippen molar-refractivity contribution in [1.82, 2.24) is 15.1 Å². The van der Waals surface area contributed by atoms with Crippen molar-refractivity contribution in [3.05, 3.63) is 0 Å². The van der Waals surface area contributed by atoms with Gasteiger partial charge in [-0.25, -0.2) is 0 Å². The van der Waals surface area contributed by atoms with Gasteiger partial charge in [-0.1, -0.05) is 27.2 Å². The summed E-state index contributed by atoms with van der Waals surface area (Å²) in [5.41, 5.74) is 0. The van der Waals surface area contributed by atoms with Crippen LogP contribution in [0.5, 0.6) is 0 Å². The zero-order valence-corrected chi connectivity index (χ0v) is 13.2. The van der Waals surface area contributed by atoms with E-state index in [-0.39, 0.29) is 0 Å². The molecule has 0 radical (unpaired) electrons. The number of piperidine rings is 1. The van der Waals surface area contributed by atoms with Gasteiger partial charge in [0.25, 0.3) is 0 Å². The average molecular weight is 267 g/mol. The maximum absolute atomic E-state index is 3.72. The lowest BCUT2D eigenvalue weighted by Gasteiger charge is -2.44. The number of hydrogen-bond donors (Lipinski definition) is 1. The van der Waals surface area contributed by atoms with E-state index in [0.29, 0.717) is 6.04 Å². The number of piperazine rings is 1. The van der Waals surface area contributed by atoms with E-state index in [0.717, 1.165) is 12.0 Å². The Morgan fingerprint density at radius 1 is 1.16 bits per heavy atom. The summed E-state index contributed by atoms with van der Waals surface area (Å²) < 4.78 is 0. The third-order valence-electron chi connectivity index (χ3n) is 5.18. The molecule has 2 heterocycles. The van der Waals surface area contributed by atoms with Gasteiger partial charge in [-0.05, 0) is 44.8 Å². The lowest BCUT2D eigenvalue weighted by molar-refractivity contribution is 0.0732. The summed E-state index contributed by atoms with van der Waals surface area (Å²) in [6.07, 6.45) is 5.36. The number of rotatable bonds is 5. The van der Waals surface area contributed by atoms with Crippen molar-refractivity contribution in [2.45, 2.75) is 58.5 Å². The Bertz CT molecular complexity index is 248.